The molecule has 3 aromatic rings. The lowest BCUT2D eigenvalue weighted by Gasteiger charge is -2.09. The maximum Gasteiger partial charge on any atom is 0.129 e. The molecule has 3 nitrogen and oxygen atoms in total. The van der Waals surface area contributed by atoms with Gasteiger partial charge in [-0.3, -0.25) is 4.98 Å². The summed E-state index contributed by atoms with van der Waals surface area (Å²) in [6.07, 6.45) is 5.55. The Labute approximate surface area is 119 Å². The molecule has 1 N–H and O–H groups in total. The summed E-state index contributed by atoms with van der Waals surface area (Å²) in [5.74, 6) is 0. The van der Waals surface area contributed by atoms with Crippen LogP contribution in [0.2, 0.25) is 0 Å². The van der Waals surface area contributed by atoms with Crippen LogP contribution in [-0.4, -0.2) is 9.97 Å². The first-order valence-corrected chi connectivity index (χ1v) is 6.80. The third kappa shape index (κ3) is 2.58. The Morgan fingerprint density at radius 1 is 1.05 bits per heavy atom. The summed E-state index contributed by atoms with van der Waals surface area (Å²) in [6.45, 7) is 0.721. The quantitative estimate of drug-likeness (QED) is 0.743. The monoisotopic (exact) mass is 313 g/mol. The highest BCUT2D eigenvalue weighted by Crippen LogP contribution is 2.21. The maximum atomic E-state index is 4.28. The molecule has 0 aliphatic heterocycles. The van der Waals surface area contributed by atoms with Crippen LogP contribution in [-0.2, 0) is 6.54 Å². The Kier molecular flexibility index (Phi) is 3.42. The van der Waals surface area contributed by atoms with Crippen molar-refractivity contribution >= 4 is 32.4 Å². The molecule has 0 saturated carbocycles. The SMILES string of the molecule is Brc1ncccc1NCc1cncc2ccccc12. The number of pyridine rings is 2. The number of fused-ring (bicyclic) bond motifs is 1. The van der Waals surface area contributed by atoms with Gasteiger partial charge in [0, 0.05) is 30.5 Å². The van der Waals surface area contributed by atoms with E-state index in [1.807, 2.05) is 36.7 Å². The second kappa shape index (κ2) is 5.36. The molecule has 0 atom stereocenters. The average molecular weight is 314 g/mol. The van der Waals surface area contributed by atoms with Gasteiger partial charge in [0.15, 0.2) is 0 Å². The lowest BCUT2D eigenvalue weighted by Crippen LogP contribution is -2.01. The van der Waals surface area contributed by atoms with Gasteiger partial charge in [0.1, 0.15) is 4.60 Å². The molecule has 0 bridgehead atoms. The number of aromatic nitrogens is 2. The van der Waals surface area contributed by atoms with Crippen LogP contribution in [0.3, 0.4) is 0 Å². The molecule has 0 unspecified atom stereocenters. The van der Waals surface area contributed by atoms with Gasteiger partial charge in [0.2, 0.25) is 0 Å². The van der Waals surface area contributed by atoms with Crippen molar-refractivity contribution in [3.05, 3.63) is 65.2 Å². The number of hydrogen-bond donors (Lipinski definition) is 1. The minimum absolute atomic E-state index is 0.721. The largest absolute Gasteiger partial charge is 0.379 e. The van der Waals surface area contributed by atoms with Gasteiger partial charge in [-0.05, 0) is 39.0 Å². The second-order valence-electron chi connectivity index (χ2n) is 4.22. The van der Waals surface area contributed by atoms with Gasteiger partial charge >= 0.3 is 0 Å². The van der Waals surface area contributed by atoms with Gasteiger partial charge in [-0.15, -0.1) is 0 Å². The Morgan fingerprint density at radius 2 is 1.95 bits per heavy atom. The zero-order chi connectivity index (χ0) is 13.1. The lowest BCUT2D eigenvalue weighted by atomic mass is 10.1. The summed E-state index contributed by atoms with van der Waals surface area (Å²) in [7, 11) is 0. The van der Waals surface area contributed by atoms with Gasteiger partial charge in [0.05, 0.1) is 5.69 Å². The van der Waals surface area contributed by atoms with Crippen molar-refractivity contribution in [2.45, 2.75) is 6.54 Å². The number of hydrogen-bond acceptors (Lipinski definition) is 3. The smallest absolute Gasteiger partial charge is 0.129 e. The molecule has 0 fully saturated rings. The highest BCUT2D eigenvalue weighted by Gasteiger charge is 2.03. The zero-order valence-corrected chi connectivity index (χ0v) is 11.8. The fourth-order valence-electron chi connectivity index (χ4n) is 2.03. The number of rotatable bonds is 3. The van der Waals surface area contributed by atoms with Crippen molar-refractivity contribution < 1.29 is 0 Å². The molecular formula is C15H12BrN3. The normalized spacial score (nSPS) is 10.6. The highest BCUT2D eigenvalue weighted by atomic mass is 79.9. The van der Waals surface area contributed by atoms with Gasteiger partial charge in [-0.1, -0.05) is 24.3 Å². The van der Waals surface area contributed by atoms with Gasteiger partial charge in [-0.25, -0.2) is 4.98 Å². The van der Waals surface area contributed by atoms with E-state index in [1.54, 1.807) is 6.20 Å². The fraction of sp³-hybridized carbons (Fsp3) is 0.0667. The molecule has 0 spiro atoms. The molecule has 1 aromatic carbocycles. The minimum atomic E-state index is 0.721. The van der Waals surface area contributed by atoms with Gasteiger partial charge < -0.3 is 5.32 Å². The van der Waals surface area contributed by atoms with Crippen LogP contribution >= 0.6 is 15.9 Å². The van der Waals surface area contributed by atoms with Crippen molar-refractivity contribution in [3.8, 4) is 0 Å². The molecule has 19 heavy (non-hydrogen) atoms. The molecule has 4 heteroatoms. The van der Waals surface area contributed by atoms with E-state index in [1.165, 1.54) is 10.9 Å². The Hall–Kier alpha value is -1.94. The number of nitrogens with one attached hydrogen (secondary N) is 1. The molecule has 3 rings (SSSR count). The molecule has 2 aromatic heterocycles. The standard InChI is InChI=1S/C15H12BrN3/c16-15-14(6-3-7-18-15)19-10-12-9-17-8-11-4-1-2-5-13(11)12/h1-9,19H,10H2. The van der Waals surface area contributed by atoms with Crippen molar-refractivity contribution in [1.82, 2.24) is 9.97 Å². The number of nitrogens with zero attached hydrogens (tertiary/aromatic N) is 2. The molecular weight excluding hydrogens is 302 g/mol. The predicted molar refractivity (Wildman–Crippen MR) is 81.0 cm³/mol. The minimum Gasteiger partial charge on any atom is -0.379 e. The molecule has 0 saturated heterocycles. The van der Waals surface area contributed by atoms with Crippen molar-refractivity contribution in [2.75, 3.05) is 5.32 Å². The van der Waals surface area contributed by atoms with Crippen LogP contribution in [0.5, 0.6) is 0 Å². The predicted octanol–water partition coefficient (Wildman–Crippen LogP) is 4.00. The molecule has 0 aliphatic rings. The van der Waals surface area contributed by atoms with E-state index < -0.39 is 0 Å². The van der Waals surface area contributed by atoms with Crippen molar-refractivity contribution in [3.63, 3.8) is 0 Å². The van der Waals surface area contributed by atoms with Crippen LogP contribution < -0.4 is 5.32 Å². The molecule has 2 heterocycles. The Balaban J connectivity index is 1.88. The second-order valence-corrected chi connectivity index (χ2v) is 4.97. The van der Waals surface area contributed by atoms with Crippen LogP contribution in [0, 0.1) is 0 Å². The van der Waals surface area contributed by atoms with E-state index in [9.17, 15) is 0 Å². The Bertz CT molecular complexity index is 707. The third-order valence-corrected chi connectivity index (χ3v) is 3.61. The summed E-state index contributed by atoms with van der Waals surface area (Å²) in [4.78, 5) is 8.47. The van der Waals surface area contributed by atoms with Crippen LogP contribution in [0.25, 0.3) is 10.8 Å². The van der Waals surface area contributed by atoms with Gasteiger partial charge in [0.25, 0.3) is 0 Å². The molecule has 0 radical (unpaired) electrons. The first-order valence-electron chi connectivity index (χ1n) is 6.00. The van der Waals surface area contributed by atoms with E-state index in [-0.39, 0.29) is 0 Å². The lowest BCUT2D eigenvalue weighted by molar-refractivity contribution is 1.12. The third-order valence-electron chi connectivity index (χ3n) is 2.98. The van der Waals surface area contributed by atoms with Crippen LogP contribution in [0.1, 0.15) is 5.56 Å². The number of benzene rings is 1. The fourth-order valence-corrected chi connectivity index (χ4v) is 2.42. The van der Waals surface area contributed by atoms with E-state index in [4.69, 9.17) is 0 Å². The van der Waals surface area contributed by atoms with E-state index in [0.717, 1.165) is 22.2 Å². The van der Waals surface area contributed by atoms with Crippen molar-refractivity contribution in [1.29, 1.82) is 0 Å². The molecule has 0 amide bonds. The van der Waals surface area contributed by atoms with E-state index >= 15 is 0 Å². The summed E-state index contributed by atoms with van der Waals surface area (Å²) in [6, 6.07) is 12.2. The van der Waals surface area contributed by atoms with Crippen LogP contribution in [0.15, 0.2) is 59.6 Å². The zero-order valence-electron chi connectivity index (χ0n) is 10.2. The molecule has 94 valence electrons. The first kappa shape index (κ1) is 12.1. The summed E-state index contributed by atoms with van der Waals surface area (Å²) < 4.78 is 0.822. The summed E-state index contributed by atoms with van der Waals surface area (Å²) >= 11 is 3.43. The summed E-state index contributed by atoms with van der Waals surface area (Å²) in [5, 5.41) is 5.76. The Morgan fingerprint density at radius 3 is 2.84 bits per heavy atom. The topological polar surface area (TPSA) is 37.8 Å². The van der Waals surface area contributed by atoms with Crippen molar-refractivity contribution in [2.24, 2.45) is 0 Å². The average Bonchev–Trinajstić information content (AvgIpc) is 2.46. The van der Waals surface area contributed by atoms with E-state index in [0.29, 0.717) is 0 Å². The van der Waals surface area contributed by atoms with E-state index in [2.05, 4.69) is 43.3 Å². The molecule has 0 aliphatic carbocycles. The number of halogens is 1. The van der Waals surface area contributed by atoms with Crippen LogP contribution in [0.4, 0.5) is 5.69 Å². The number of anilines is 1. The first-order chi connectivity index (χ1) is 9.34. The summed E-state index contributed by atoms with van der Waals surface area (Å²) in [5.41, 5.74) is 2.16. The highest BCUT2D eigenvalue weighted by molar-refractivity contribution is 9.10. The maximum absolute atomic E-state index is 4.28. The van der Waals surface area contributed by atoms with Gasteiger partial charge in [-0.2, -0.15) is 0 Å².